The molecule has 0 spiro atoms. The van der Waals surface area contributed by atoms with Crippen LogP contribution in [0.3, 0.4) is 0 Å². The van der Waals surface area contributed by atoms with Crippen molar-refractivity contribution in [3.63, 3.8) is 0 Å². The zero-order valence-electron chi connectivity index (χ0n) is 16.4. The Morgan fingerprint density at radius 2 is 1.69 bits per heavy atom. The average molecular weight is 438 g/mol. The molecule has 11 heteroatoms. The quantitative estimate of drug-likeness (QED) is 0.455. The standard InChI is InChI=1S/C21H13F3N6O2/c1-11-14(19-28-27-18(32-19)13-8-5-9-25-10-13)20(31)30-17(26-11)15(12-6-3-2-4-7-12)16(29-30)21(22,23)24/h2-10,29H,1H3. The molecule has 0 aliphatic carbocycles. The molecular weight excluding hydrogens is 425 g/mol. The Labute approximate surface area is 177 Å². The van der Waals surface area contributed by atoms with Crippen molar-refractivity contribution in [1.29, 1.82) is 0 Å². The molecule has 0 amide bonds. The maximum Gasteiger partial charge on any atom is 0.433 e. The summed E-state index contributed by atoms with van der Waals surface area (Å²) in [6.45, 7) is 1.50. The molecule has 1 N–H and O–H groups in total. The number of pyridine rings is 1. The Balaban J connectivity index is 1.75. The Morgan fingerprint density at radius 1 is 0.969 bits per heavy atom. The van der Waals surface area contributed by atoms with Gasteiger partial charge in [0.15, 0.2) is 5.65 Å². The fraction of sp³-hybridized carbons (Fsp3) is 0.0952. The van der Waals surface area contributed by atoms with E-state index < -0.39 is 17.4 Å². The van der Waals surface area contributed by atoms with Gasteiger partial charge in [-0.2, -0.15) is 17.7 Å². The molecular formula is C21H13F3N6O2. The Morgan fingerprint density at radius 3 is 2.38 bits per heavy atom. The number of fused-ring (bicyclic) bond motifs is 1. The smallest absolute Gasteiger partial charge is 0.416 e. The van der Waals surface area contributed by atoms with E-state index in [-0.39, 0.29) is 39.8 Å². The Hall–Kier alpha value is -4.28. The van der Waals surface area contributed by atoms with Crippen molar-refractivity contribution in [2.24, 2.45) is 0 Å². The molecule has 0 saturated heterocycles. The van der Waals surface area contributed by atoms with E-state index in [9.17, 15) is 18.0 Å². The van der Waals surface area contributed by atoms with Crippen LogP contribution in [0.2, 0.25) is 0 Å². The van der Waals surface area contributed by atoms with Crippen molar-refractivity contribution in [2.75, 3.05) is 0 Å². The summed E-state index contributed by atoms with van der Waals surface area (Å²) in [5.41, 5.74) is -1.37. The number of aromatic nitrogens is 6. The van der Waals surface area contributed by atoms with Gasteiger partial charge in [0, 0.05) is 12.4 Å². The Kier molecular flexibility index (Phi) is 4.40. The SMILES string of the molecule is Cc1nc2c(-c3ccccc3)c(C(F)(F)F)[nH]n2c(=O)c1-c1nnc(-c2cccnc2)o1. The highest BCUT2D eigenvalue weighted by Gasteiger charge is 2.38. The number of rotatable bonds is 3. The zero-order chi connectivity index (χ0) is 22.5. The van der Waals surface area contributed by atoms with Crippen LogP contribution in [0.5, 0.6) is 0 Å². The molecule has 5 aromatic rings. The first kappa shape index (κ1) is 19.7. The number of H-pyrrole nitrogens is 1. The zero-order valence-corrected chi connectivity index (χ0v) is 16.4. The number of nitrogens with zero attached hydrogens (tertiary/aromatic N) is 5. The van der Waals surface area contributed by atoms with Crippen LogP contribution in [0.1, 0.15) is 11.4 Å². The normalized spacial score (nSPS) is 11.9. The second-order valence-corrected chi connectivity index (χ2v) is 6.92. The first-order valence-electron chi connectivity index (χ1n) is 9.37. The lowest BCUT2D eigenvalue weighted by Gasteiger charge is -2.07. The fourth-order valence-electron chi connectivity index (χ4n) is 3.44. The number of aryl methyl sites for hydroxylation is 1. The van der Waals surface area contributed by atoms with Gasteiger partial charge in [-0.3, -0.25) is 14.9 Å². The highest BCUT2D eigenvalue weighted by molar-refractivity contribution is 5.81. The lowest BCUT2D eigenvalue weighted by atomic mass is 10.1. The molecule has 4 heterocycles. The highest BCUT2D eigenvalue weighted by atomic mass is 19.4. The van der Waals surface area contributed by atoms with Gasteiger partial charge < -0.3 is 4.42 Å². The van der Waals surface area contributed by atoms with E-state index in [0.29, 0.717) is 5.56 Å². The molecule has 0 unspecified atom stereocenters. The van der Waals surface area contributed by atoms with E-state index in [1.54, 1.807) is 36.5 Å². The second kappa shape index (κ2) is 7.15. The molecule has 32 heavy (non-hydrogen) atoms. The first-order chi connectivity index (χ1) is 15.3. The van der Waals surface area contributed by atoms with E-state index in [1.165, 1.54) is 25.3 Å². The molecule has 0 aliphatic heterocycles. The monoisotopic (exact) mass is 438 g/mol. The van der Waals surface area contributed by atoms with Gasteiger partial charge in [0.05, 0.1) is 16.8 Å². The van der Waals surface area contributed by atoms with Crippen LogP contribution in [-0.4, -0.2) is 29.8 Å². The van der Waals surface area contributed by atoms with Gasteiger partial charge in [0.25, 0.3) is 11.4 Å². The summed E-state index contributed by atoms with van der Waals surface area (Å²) in [5, 5.41) is 9.97. The molecule has 5 rings (SSSR count). The number of nitrogens with one attached hydrogen (secondary N) is 1. The third-order valence-electron chi connectivity index (χ3n) is 4.85. The number of benzene rings is 1. The number of halogens is 3. The van der Waals surface area contributed by atoms with Gasteiger partial charge in [-0.15, -0.1) is 10.2 Å². The van der Waals surface area contributed by atoms with E-state index >= 15 is 0 Å². The average Bonchev–Trinajstić information content (AvgIpc) is 3.40. The largest absolute Gasteiger partial charge is 0.433 e. The molecule has 0 bridgehead atoms. The summed E-state index contributed by atoms with van der Waals surface area (Å²) in [6.07, 6.45) is -1.66. The minimum atomic E-state index is -4.74. The van der Waals surface area contributed by atoms with Gasteiger partial charge in [-0.05, 0) is 24.6 Å². The number of hydrogen-bond donors (Lipinski definition) is 1. The van der Waals surface area contributed by atoms with Gasteiger partial charge >= 0.3 is 6.18 Å². The summed E-state index contributed by atoms with van der Waals surface area (Å²) in [5.74, 6) is -0.0397. The highest BCUT2D eigenvalue weighted by Crippen LogP contribution is 2.38. The molecule has 4 aromatic heterocycles. The van der Waals surface area contributed by atoms with Crippen molar-refractivity contribution < 1.29 is 17.6 Å². The van der Waals surface area contributed by atoms with Crippen LogP contribution in [-0.2, 0) is 6.18 Å². The molecule has 0 atom stereocenters. The third kappa shape index (κ3) is 3.14. The van der Waals surface area contributed by atoms with E-state index in [4.69, 9.17) is 4.42 Å². The lowest BCUT2D eigenvalue weighted by molar-refractivity contribution is -0.140. The summed E-state index contributed by atoms with van der Waals surface area (Å²) in [7, 11) is 0. The van der Waals surface area contributed by atoms with Crippen LogP contribution >= 0.6 is 0 Å². The summed E-state index contributed by atoms with van der Waals surface area (Å²) >= 11 is 0. The lowest BCUT2D eigenvalue weighted by Crippen LogP contribution is -2.20. The van der Waals surface area contributed by atoms with Crippen LogP contribution in [0, 0.1) is 6.92 Å². The summed E-state index contributed by atoms with van der Waals surface area (Å²) < 4.78 is 47.7. The van der Waals surface area contributed by atoms with E-state index in [0.717, 1.165) is 4.52 Å². The number of hydrogen-bond acceptors (Lipinski definition) is 6. The van der Waals surface area contributed by atoms with Crippen molar-refractivity contribution >= 4 is 5.65 Å². The van der Waals surface area contributed by atoms with Gasteiger partial charge in [0.1, 0.15) is 11.3 Å². The topological polar surface area (TPSA) is 102 Å². The molecule has 160 valence electrons. The van der Waals surface area contributed by atoms with Crippen molar-refractivity contribution in [3.8, 4) is 34.0 Å². The summed E-state index contributed by atoms with van der Waals surface area (Å²) in [6, 6.07) is 11.3. The number of alkyl halides is 3. The molecule has 0 saturated carbocycles. The predicted molar refractivity (Wildman–Crippen MR) is 108 cm³/mol. The summed E-state index contributed by atoms with van der Waals surface area (Å²) in [4.78, 5) is 21.5. The molecule has 0 aliphatic rings. The minimum Gasteiger partial charge on any atom is -0.416 e. The molecule has 1 aromatic carbocycles. The second-order valence-electron chi connectivity index (χ2n) is 6.92. The maximum atomic E-state index is 13.8. The van der Waals surface area contributed by atoms with Gasteiger partial charge in [-0.1, -0.05) is 30.3 Å². The van der Waals surface area contributed by atoms with Gasteiger partial charge in [-0.25, -0.2) is 4.98 Å². The molecule has 0 radical (unpaired) electrons. The van der Waals surface area contributed by atoms with Crippen molar-refractivity contribution in [3.05, 3.63) is 76.6 Å². The van der Waals surface area contributed by atoms with E-state index in [1.807, 2.05) is 0 Å². The van der Waals surface area contributed by atoms with Crippen molar-refractivity contribution in [2.45, 2.75) is 13.1 Å². The van der Waals surface area contributed by atoms with Crippen molar-refractivity contribution in [1.82, 2.24) is 29.8 Å². The minimum absolute atomic E-state index is 0.0975. The number of aromatic amines is 1. The van der Waals surface area contributed by atoms with Crippen LogP contribution in [0.4, 0.5) is 13.2 Å². The molecule has 0 fully saturated rings. The maximum absolute atomic E-state index is 13.8. The Bertz CT molecular complexity index is 1490. The van der Waals surface area contributed by atoms with Crippen LogP contribution < -0.4 is 5.56 Å². The predicted octanol–water partition coefficient (Wildman–Crippen LogP) is 4.13. The van der Waals surface area contributed by atoms with Crippen LogP contribution in [0.25, 0.3) is 39.7 Å². The van der Waals surface area contributed by atoms with Gasteiger partial charge in [0.2, 0.25) is 5.89 Å². The first-order valence-corrected chi connectivity index (χ1v) is 9.37. The van der Waals surface area contributed by atoms with E-state index in [2.05, 4.69) is 25.3 Å². The fourth-order valence-corrected chi connectivity index (χ4v) is 3.44. The van der Waals surface area contributed by atoms with Crippen LogP contribution in [0.15, 0.2) is 64.1 Å². The third-order valence-corrected chi connectivity index (χ3v) is 4.85. The molecule has 8 nitrogen and oxygen atoms in total.